The number of carbonyl (C=O) groups is 3. The van der Waals surface area contributed by atoms with E-state index in [9.17, 15) is 29.0 Å². The second-order valence-corrected chi connectivity index (χ2v) is 9.28. The number of nitrogens with zero attached hydrogens (tertiary/aromatic N) is 5. The van der Waals surface area contributed by atoms with Gasteiger partial charge in [0.1, 0.15) is 11.4 Å². The van der Waals surface area contributed by atoms with E-state index >= 15 is 0 Å². The number of nitrogens with one attached hydrogen (secondary N) is 3. The Hall–Kier alpha value is -5.88. The highest BCUT2D eigenvalue weighted by Gasteiger charge is 2.34. The quantitative estimate of drug-likeness (QED) is 0.0796. The van der Waals surface area contributed by atoms with E-state index in [0.29, 0.717) is 22.4 Å². The summed E-state index contributed by atoms with van der Waals surface area (Å²) in [6.45, 7) is 0.0211. The van der Waals surface area contributed by atoms with Gasteiger partial charge in [0.15, 0.2) is 17.7 Å². The van der Waals surface area contributed by atoms with E-state index in [4.69, 9.17) is 11.0 Å². The highest BCUT2D eigenvalue weighted by atomic mass is 19.1. The van der Waals surface area contributed by atoms with Crippen LogP contribution in [0.4, 0.5) is 10.1 Å². The van der Waals surface area contributed by atoms with Crippen molar-refractivity contribution in [2.75, 3.05) is 0 Å². The molecule has 1 aliphatic rings. The van der Waals surface area contributed by atoms with Gasteiger partial charge in [-0.25, -0.2) is 23.7 Å². The maximum absolute atomic E-state index is 14.5. The highest BCUT2D eigenvalue weighted by Crippen LogP contribution is 2.32. The van der Waals surface area contributed by atoms with Crippen LogP contribution in [0.25, 0.3) is 5.65 Å². The van der Waals surface area contributed by atoms with E-state index in [-0.39, 0.29) is 41.5 Å². The van der Waals surface area contributed by atoms with Crippen LogP contribution < -0.4 is 21.7 Å². The molecule has 0 saturated heterocycles. The summed E-state index contributed by atoms with van der Waals surface area (Å²) in [5, 5.41) is 39.9. The van der Waals surface area contributed by atoms with Crippen LogP contribution in [0, 0.1) is 17.3 Å². The highest BCUT2D eigenvalue weighted by molar-refractivity contribution is 5.98. The number of carboxylic acid groups (broad SMARTS) is 1. The molecule has 2 heterocycles. The number of aliphatic imine (C=N–C) groups is 1. The molecule has 0 spiro atoms. The van der Waals surface area contributed by atoms with Crippen molar-refractivity contribution in [1.82, 2.24) is 30.5 Å². The average molecular weight is 572 g/mol. The maximum atomic E-state index is 14.5. The first-order valence-corrected chi connectivity index (χ1v) is 12.4. The van der Waals surface area contributed by atoms with Crippen LogP contribution in [0.2, 0.25) is 0 Å². The SMILES string of the molecule is N#CNC(N)=Nc1cccc(CNC(=O)c2cc(C(=O)N[C@@H]3c4ccc(C(=O)O)cc4C[C@H]3O)n3ncc(F)c3n2)c1. The number of nitrogens with two attached hydrogens (primary N) is 1. The van der Waals surface area contributed by atoms with Crippen molar-refractivity contribution in [3.63, 3.8) is 0 Å². The zero-order valence-corrected chi connectivity index (χ0v) is 21.6. The smallest absolute Gasteiger partial charge is 0.335 e. The first-order chi connectivity index (χ1) is 20.1. The van der Waals surface area contributed by atoms with Crippen LogP contribution in [0.15, 0.2) is 59.7 Å². The number of amides is 2. The number of carbonyl (C=O) groups excluding carboxylic acids is 2. The van der Waals surface area contributed by atoms with Crippen molar-refractivity contribution in [2.24, 2.45) is 10.7 Å². The fourth-order valence-corrected chi connectivity index (χ4v) is 4.61. The van der Waals surface area contributed by atoms with Gasteiger partial charge in [-0.15, -0.1) is 0 Å². The minimum atomic E-state index is -1.12. The molecule has 0 bridgehead atoms. The summed E-state index contributed by atoms with van der Waals surface area (Å²) in [5.74, 6) is -3.57. The van der Waals surface area contributed by atoms with Gasteiger partial charge in [0.05, 0.1) is 29.6 Å². The molecule has 0 saturated carbocycles. The van der Waals surface area contributed by atoms with Crippen molar-refractivity contribution < 1.29 is 29.0 Å². The number of aliphatic hydroxyl groups excluding tert-OH is 1. The molecule has 42 heavy (non-hydrogen) atoms. The van der Waals surface area contributed by atoms with Crippen molar-refractivity contribution in [3.8, 4) is 6.19 Å². The summed E-state index contributed by atoms with van der Waals surface area (Å²) in [6.07, 6.45) is 1.58. The van der Waals surface area contributed by atoms with Gasteiger partial charge in [0, 0.05) is 19.0 Å². The van der Waals surface area contributed by atoms with E-state index in [1.807, 2.05) is 0 Å². The number of benzene rings is 2. The largest absolute Gasteiger partial charge is 0.478 e. The Kier molecular flexibility index (Phi) is 7.45. The van der Waals surface area contributed by atoms with Gasteiger partial charge in [-0.3, -0.25) is 14.9 Å². The molecule has 2 aromatic heterocycles. The van der Waals surface area contributed by atoms with Crippen molar-refractivity contribution >= 4 is 35.1 Å². The number of carboxylic acids is 1. The van der Waals surface area contributed by atoms with E-state index in [0.717, 1.165) is 16.8 Å². The lowest BCUT2D eigenvalue weighted by Crippen LogP contribution is -2.35. The third-order valence-electron chi connectivity index (χ3n) is 6.52. The first-order valence-electron chi connectivity index (χ1n) is 12.4. The minimum absolute atomic E-state index is 0.0211. The second-order valence-electron chi connectivity index (χ2n) is 9.28. The molecule has 0 fully saturated rings. The summed E-state index contributed by atoms with van der Waals surface area (Å²) >= 11 is 0. The number of nitriles is 1. The predicted molar refractivity (Wildman–Crippen MR) is 144 cm³/mol. The van der Waals surface area contributed by atoms with Crippen molar-refractivity contribution in [3.05, 3.63) is 94.2 Å². The molecule has 7 N–H and O–H groups in total. The number of hydrogen-bond acceptors (Lipinski definition) is 8. The summed E-state index contributed by atoms with van der Waals surface area (Å²) in [5.41, 5.74) is 6.95. The number of guanidine groups is 1. The van der Waals surface area contributed by atoms with Gasteiger partial charge in [-0.2, -0.15) is 10.4 Å². The molecule has 2 amide bonds. The molecule has 0 aliphatic heterocycles. The topological polar surface area (TPSA) is 220 Å². The van der Waals surface area contributed by atoms with E-state index < -0.39 is 35.7 Å². The fraction of sp³-hybridized carbons (Fsp3) is 0.148. The number of hydrogen-bond donors (Lipinski definition) is 6. The average Bonchev–Trinajstić information content (AvgIpc) is 3.49. The Morgan fingerprint density at radius 1 is 1.19 bits per heavy atom. The molecule has 212 valence electrons. The number of halogens is 1. The minimum Gasteiger partial charge on any atom is -0.478 e. The van der Waals surface area contributed by atoms with Gasteiger partial charge in [0.25, 0.3) is 11.8 Å². The molecule has 0 unspecified atom stereocenters. The van der Waals surface area contributed by atoms with Crippen LogP contribution in [-0.2, 0) is 13.0 Å². The lowest BCUT2D eigenvalue weighted by molar-refractivity contribution is 0.0696. The van der Waals surface area contributed by atoms with Crippen LogP contribution in [0.1, 0.15) is 54.1 Å². The Morgan fingerprint density at radius 3 is 2.76 bits per heavy atom. The molecule has 14 nitrogen and oxygen atoms in total. The number of aromatic carboxylic acids is 1. The molecule has 15 heteroatoms. The van der Waals surface area contributed by atoms with Gasteiger partial charge in [-0.1, -0.05) is 18.2 Å². The summed E-state index contributed by atoms with van der Waals surface area (Å²) in [7, 11) is 0. The van der Waals surface area contributed by atoms with E-state index in [2.05, 4.69) is 31.0 Å². The zero-order valence-electron chi connectivity index (χ0n) is 21.6. The molecule has 4 aromatic rings. The third kappa shape index (κ3) is 5.55. The molecule has 5 rings (SSSR count). The van der Waals surface area contributed by atoms with Crippen molar-refractivity contribution in [1.29, 1.82) is 5.26 Å². The second kappa shape index (κ2) is 11.3. The number of rotatable bonds is 7. The van der Waals surface area contributed by atoms with Gasteiger partial charge in [0.2, 0.25) is 5.96 Å². The van der Waals surface area contributed by atoms with Crippen LogP contribution in [0.5, 0.6) is 0 Å². The van der Waals surface area contributed by atoms with Crippen LogP contribution in [0.3, 0.4) is 0 Å². The Balaban J connectivity index is 1.37. The lowest BCUT2D eigenvalue weighted by Gasteiger charge is -2.18. The molecule has 2 aromatic carbocycles. The van der Waals surface area contributed by atoms with Crippen LogP contribution in [-0.4, -0.2) is 54.7 Å². The molecular weight excluding hydrogens is 549 g/mol. The Bertz CT molecular complexity index is 1810. The fourth-order valence-electron chi connectivity index (χ4n) is 4.61. The zero-order chi connectivity index (χ0) is 30.0. The number of aromatic nitrogens is 3. The normalized spacial score (nSPS) is 16.0. The Morgan fingerprint density at radius 2 is 2.00 bits per heavy atom. The predicted octanol–water partition coefficient (Wildman–Crippen LogP) is 0.902. The Labute approximate surface area is 236 Å². The number of aliphatic hydroxyl groups is 1. The van der Waals surface area contributed by atoms with E-state index in [1.165, 1.54) is 18.2 Å². The summed E-state index contributed by atoms with van der Waals surface area (Å²) in [6, 6.07) is 11.2. The molecule has 0 radical (unpaired) electrons. The summed E-state index contributed by atoms with van der Waals surface area (Å²) < 4.78 is 15.5. The maximum Gasteiger partial charge on any atom is 0.335 e. The monoisotopic (exact) mass is 571 g/mol. The molecule has 2 atom stereocenters. The standard InChI is InChI=1S/C27H22FN9O5/c28-18-11-33-37-20(25(40)36-22-17-5-4-14(26(41)42)7-15(17)8-21(22)38)9-19(35-23(18)37)24(39)31-10-13-2-1-3-16(6-13)34-27(30)32-12-29/h1-7,9,11,21-22,38H,8,10H2,(H,31,39)(H,36,40)(H,41,42)(H3,30,32,34)/t21-,22-/m1/s1. The first kappa shape index (κ1) is 27.7. The number of fused-ring (bicyclic) bond motifs is 2. The van der Waals surface area contributed by atoms with Gasteiger partial charge in [-0.05, 0) is 41.0 Å². The van der Waals surface area contributed by atoms with Crippen LogP contribution >= 0.6 is 0 Å². The molecule has 1 aliphatic carbocycles. The lowest BCUT2D eigenvalue weighted by atomic mass is 10.0. The molecular formula is C27H22FN9O5. The van der Waals surface area contributed by atoms with E-state index in [1.54, 1.807) is 30.5 Å². The van der Waals surface area contributed by atoms with Gasteiger partial charge < -0.3 is 26.6 Å². The third-order valence-corrected chi connectivity index (χ3v) is 6.52. The summed E-state index contributed by atoms with van der Waals surface area (Å²) in [4.78, 5) is 45.8. The van der Waals surface area contributed by atoms with Gasteiger partial charge >= 0.3 is 5.97 Å². The van der Waals surface area contributed by atoms with Crippen molar-refractivity contribution in [2.45, 2.75) is 25.1 Å².